The Morgan fingerprint density at radius 3 is 3.18 bits per heavy atom. The molecule has 2 atom stereocenters. The van der Waals surface area contributed by atoms with Gasteiger partial charge in [-0.05, 0) is 25.1 Å². The van der Waals surface area contributed by atoms with E-state index in [1.165, 1.54) is 18.2 Å². The Morgan fingerprint density at radius 1 is 1.71 bits per heavy atom. The second kappa shape index (κ2) is 4.71. The first kappa shape index (κ1) is 11.9. The molecule has 1 amide bonds. The summed E-state index contributed by atoms with van der Waals surface area (Å²) in [7, 11) is 0. The molecular weight excluding hydrogens is 225 g/mol. The number of amides is 1. The van der Waals surface area contributed by atoms with Gasteiger partial charge >= 0.3 is 0 Å². The van der Waals surface area contributed by atoms with Gasteiger partial charge in [0.15, 0.2) is 6.10 Å². The van der Waals surface area contributed by atoms with Gasteiger partial charge in [-0.15, -0.1) is 0 Å². The first-order chi connectivity index (χ1) is 8.06. The molecule has 0 bridgehead atoms. The minimum atomic E-state index is -0.634. The van der Waals surface area contributed by atoms with Gasteiger partial charge in [0.25, 0.3) is 5.91 Å². The zero-order chi connectivity index (χ0) is 12.4. The van der Waals surface area contributed by atoms with E-state index in [4.69, 9.17) is 9.84 Å². The van der Waals surface area contributed by atoms with Gasteiger partial charge in [0.1, 0.15) is 11.6 Å². The number of ether oxygens (including phenoxy) is 1. The summed E-state index contributed by atoms with van der Waals surface area (Å²) in [6.07, 6.45) is -0.871. The van der Waals surface area contributed by atoms with Crippen LogP contribution in [-0.2, 0) is 11.2 Å². The van der Waals surface area contributed by atoms with Crippen LogP contribution in [0.2, 0.25) is 0 Å². The maximum absolute atomic E-state index is 13.0. The zero-order valence-electron chi connectivity index (χ0n) is 9.44. The summed E-state index contributed by atoms with van der Waals surface area (Å²) in [5, 5.41) is 11.6. The number of aliphatic hydroxyl groups excluding tert-OH is 1. The predicted octanol–water partition coefficient (Wildman–Crippen LogP) is 0.626. The van der Waals surface area contributed by atoms with Gasteiger partial charge in [-0.3, -0.25) is 4.79 Å². The van der Waals surface area contributed by atoms with Crippen LogP contribution in [0.1, 0.15) is 12.5 Å². The number of aliphatic hydroxyl groups is 1. The number of carbonyl (C=O) groups excluding carboxylic acids is 1. The van der Waals surface area contributed by atoms with Crippen LogP contribution in [0.15, 0.2) is 18.2 Å². The van der Waals surface area contributed by atoms with E-state index in [2.05, 4.69) is 5.32 Å². The van der Waals surface area contributed by atoms with E-state index in [1.54, 1.807) is 6.92 Å². The summed E-state index contributed by atoms with van der Waals surface area (Å²) in [6, 6.07) is 4.19. The van der Waals surface area contributed by atoms with Crippen molar-refractivity contribution in [1.29, 1.82) is 0 Å². The van der Waals surface area contributed by atoms with Gasteiger partial charge in [-0.2, -0.15) is 0 Å². The third kappa shape index (κ3) is 2.74. The minimum absolute atomic E-state index is 0.184. The molecule has 0 fully saturated rings. The fraction of sp³-hybridized carbons (Fsp3) is 0.417. The molecule has 0 spiro atoms. The van der Waals surface area contributed by atoms with E-state index >= 15 is 0 Å². The summed E-state index contributed by atoms with van der Waals surface area (Å²) in [5.74, 6) is -0.0801. The molecule has 1 aromatic rings. The lowest BCUT2D eigenvalue weighted by molar-refractivity contribution is -0.127. The molecule has 0 aromatic heterocycles. The number of hydrogen-bond acceptors (Lipinski definition) is 3. The van der Waals surface area contributed by atoms with Gasteiger partial charge in [0.05, 0.1) is 6.10 Å². The molecule has 0 saturated heterocycles. The maximum atomic E-state index is 13.0. The summed E-state index contributed by atoms with van der Waals surface area (Å²) >= 11 is 0. The lowest BCUT2D eigenvalue weighted by Gasteiger charge is -2.12. The fourth-order valence-electron chi connectivity index (χ4n) is 1.73. The second-order valence-electron chi connectivity index (χ2n) is 4.16. The van der Waals surface area contributed by atoms with E-state index in [9.17, 15) is 9.18 Å². The van der Waals surface area contributed by atoms with Crippen molar-refractivity contribution in [2.45, 2.75) is 25.6 Å². The zero-order valence-corrected chi connectivity index (χ0v) is 9.44. The summed E-state index contributed by atoms with van der Waals surface area (Å²) in [4.78, 5) is 11.7. The van der Waals surface area contributed by atoms with E-state index in [1.807, 2.05) is 0 Å². The molecule has 4 nitrogen and oxygen atoms in total. The van der Waals surface area contributed by atoms with Gasteiger partial charge in [-0.25, -0.2) is 4.39 Å². The largest absolute Gasteiger partial charge is 0.480 e. The lowest BCUT2D eigenvalue weighted by Crippen LogP contribution is -2.40. The topological polar surface area (TPSA) is 58.6 Å². The molecule has 5 heteroatoms. The number of halogens is 1. The number of fused-ring (bicyclic) bond motifs is 1. The molecule has 92 valence electrons. The van der Waals surface area contributed by atoms with Crippen LogP contribution in [0, 0.1) is 5.82 Å². The Hall–Kier alpha value is -1.62. The third-order valence-corrected chi connectivity index (χ3v) is 2.56. The Morgan fingerprint density at radius 2 is 2.47 bits per heavy atom. The number of benzene rings is 1. The highest BCUT2D eigenvalue weighted by molar-refractivity contribution is 5.82. The normalized spacial score (nSPS) is 19.4. The maximum Gasteiger partial charge on any atom is 0.261 e. The number of rotatable bonds is 3. The summed E-state index contributed by atoms with van der Waals surface area (Å²) in [5.41, 5.74) is 0.696. The molecule has 0 aliphatic carbocycles. The van der Waals surface area contributed by atoms with Crippen LogP contribution in [0.3, 0.4) is 0 Å². The lowest BCUT2D eigenvalue weighted by atomic mass is 10.1. The van der Waals surface area contributed by atoms with Crippen molar-refractivity contribution in [2.24, 2.45) is 0 Å². The summed E-state index contributed by atoms with van der Waals surface area (Å²) in [6.45, 7) is 1.77. The van der Waals surface area contributed by atoms with Crippen molar-refractivity contribution in [2.75, 3.05) is 6.54 Å². The first-order valence-electron chi connectivity index (χ1n) is 5.47. The Labute approximate surface area is 98.4 Å². The monoisotopic (exact) mass is 239 g/mol. The summed E-state index contributed by atoms with van der Waals surface area (Å²) < 4.78 is 18.4. The van der Waals surface area contributed by atoms with Crippen LogP contribution in [0.25, 0.3) is 0 Å². The fourth-order valence-corrected chi connectivity index (χ4v) is 1.73. The molecule has 2 unspecified atom stereocenters. The van der Waals surface area contributed by atoms with Crippen molar-refractivity contribution in [3.8, 4) is 5.75 Å². The Kier molecular flexibility index (Phi) is 3.28. The van der Waals surface area contributed by atoms with Crippen LogP contribution >= 0.6 is 0 Å². The highest BCUT2D eigenvalue weighted by Crippen LogP contribution is 2.29. The standard InChI is InChI=1S/C12H14FNO3/c1-7(15)6-14-12(16)11-5-8-4-9(13)2-3-10(8)17-11/h2-4,7,11,15H,5-6H2,1H3,(H,14,16). The minimum Gasteiger partial charge on any atom is -0.480 e. The van der Waals surface area contributed by atoms with Crippen molar-refractivity contribution in [3.63, 3.8) is 0 Å². The predicted molar refractivity (Wildman–Crippen MR) is 59.2 cm³/mol. The van der Waals surface area contributed by atoms with Crippen LogP contribution in [0.5, 0.6) is 5.75 Å². The molecule has 1 aliphatic heterocycles. The molecular formula is C12H14FNO3. The van der Waals surface area contributed by atoms with Gasteiger partial charge < -0.3 is 15.2 Å². The van der Waals surface area contributed by atoms with Crippen LogP contribution in [0.4, 0.5) is 4.39 Å². The SMILES string of the molecule is CC(O)CNC(=O)C1Cc2cc(F)ccc2O1. The smallest absolute Gasteiger partial charge is 0.261 e. The third-order valence-electron chi connectivity index (χ3n) is 2.56. The number of nitrogens with one attached hydrogen (secondary N) is 1. The van der Waals surface area contributed by atoms with Crippen molar-refractivity contribution in [1.82, 2.24) is 5.32 Å². The number of hydrogen-bond donors (Lipinski definition) is 2. The van der Waals surface area contributed by atoms with Crippen LogP contribution in [-0.4, -0.2) is 29.8 Å². The van der Waals surface area contributed by atoms with Crippen molar-refractivity contribution < 1.29 is 19.0 Å². The van der Waals surface area contributed by atoms with Gasteiger partial charge in [0.2, 0.25) is 0 Å². The second-order valence-corrected chi connectivity index (χ2v) is 4.16. The molecule has 1 aromatic carbocycles. The highest BCUT2D eigenvalue weighted by atomic mass is 19.1. The molecule has 0 radical (unpaired) electrons. The van der Waals surface area contributed by atoms with Crippen molar-refractivity contribution in [3.05, 3.63) is 29.6 Å². The molecule has 1 aliphatic rings. The van der Waals surface area contributed by atoms with Gasteiger partial charge in [-0.1, -0.05) is 0 Å². The van der Waals surface area contributed by atoms with Crippen LogP contribution < -0.4 is 10.1 Å². The molecule has 17 heavy (non-hydrogen) atoms. The average molecular weight is 239 g/mol. The average Bonchev–Trinajstić information content (AvgIpc) is 2.68. The number of carbonyl (C=O) groups is 1. The van der Waals surface area contributed by atoms with Gasteiger partial charge in [0, 0.05) is 18.5 Å². The molecule has 1 heterocycles. The highest BCUT2D eigenvalue weighted by Gasteiger charge is 2.29. The molecule has 2 N–H and O–H groups in total. The van der Waals surface area contributed by atoms with E-state index in [0.29, 0.717) is 17.7 Å². The van der Waals surface area contributed by atoms with E-state index < -0.39 is 12.2 Å². The first-order valence-corrected chi connectivity index (χ1v) is 5.47. The quantitative estimate of drug-likeness (QED) is 0.813. The molecule has 0 saturated carbocycles. The molecule has 2 rings (SSSR count). The Bertz CT molecular complexity index is 434. The van der Waals surface area contributed by atoms with E-state index in [0.717, 1.165) is 0 Å². The Balaban J connectivity index is 1.97. The van der Waals surface area contributed by atoms with E-state index in [-0.39, 0.29) is 18.3 Å². The van der Waals surface area contributed by atoms with Crippen molar-refractivity contribution >= 4 is 5.91 Å².